The van der Waals surface area contributed by atoms with Crippen LogP contribution in [0.4, 0.5) is 5.69 Å². The summed E-state index contributed by atoms with van der Waals surface area (Å²) in [6, 6.07) is 5.40. The van der Waals surface area contributed by atoms with E-state index < -0.39 is 6.10 Å². The number of benzene rings is 1. The number of rotatable bonds is 5. The number of ether oxygens (including phenoxy) is 2. The zero-order valence-electron chi connectivity index (χ0n) is 10.3. The molecule has 0 heterocycles. The maximum atomic E-state index is 11.5. The lowest BCUT2D eigenvalue weighted by Crippen LogP contribution is -2.33. The summed E-state index contributed by atoms with van der Waals surface area (Å²) < 4.78 is 9.95. The highest BCUT2D eigenvalue weighted by Gasteiger charge is 2.10. The van der Waals surface area contributed by atoms with Gasteiger partial charge in [-0.05, 0) is 24.6 Å². The van der Waals surface area contributed by atoms with Crippen LogP contribution in [-0.2, 0) is 16.1 Å². The summed E-state index contributed by atoms with van der Waals surface area (Å²) in [6.07, 6.45) is -0.453. The van der Waals surface area contributed by atoms with Crippen LogP contribution in [0.5, 0.6) is 5.75 Å². The molecule has 0 bridgehead atoms. The number of carbonyl (C=O) groups is 1. The first-order valence-corrected chi connectivity index (χ1v) is 5.31. The molecule has 0 fully saturated rings. The third-order valence-electron chi connectivity index (χ3n) is 2.48. The maximum absolute atomic E-state index is 11.5. The first-order chi connectivity index (χ1) is 8.08. The minimum absolute atomic E-state index is 0.151. The maximum Gasteiger partial charge on any atom is 0.249 e. The molecule has 94 valence electrons. The third-order valence-corrected chi connectivity index (χ3v) is 2.48. The Bertz CT molecular complexity index is 393. The molecule has 5 heteroatoms. The second-order valence-electron chi connectivity index (χ2n) is 3.67. The van der Waals surface area contributed by atoms with E-state index in [2.05, 4.69) is 5.32 Å². The number of hydrogen-bond acceptors (Lipinski definition) is 4. The van der Waals surface area contributed by atoms with Gasteiger partial charge in [0.25, 0.3) is 0 Å². The van der Waals surface area contributed by atoms with E-state index in [0.717, 1.165) is 5.56 Å². The van der Waals surface area contributed by atoms with Gasteiger partial charge in [-0.3, -0.25) is 4.79 Å². The molecular weight excluding hydrogens is 220 g/mol. The van der Waals surface area contributed by atoms with Crippen molar-refractivity contribution in [2.75, 3.05) is 20.0 Å². The Morgan fingerprint density at radius 2 is 2.18 bits per heavy atom. The average Bonchev–Trinajstić information content (AvgIpc) is 2.35. The summed E-state index contributed by atoms with van der Waals surface area (Å²) in [6.45, 7) is 2.11. The third kappa shape index (κ3) is 3.64. The molecular formula is C12H18N2O3. The highest BCUT2D eigenvalue weighted by Crippen LogP contribution is 2.21. The Hall–Kier alpha value is -1.75. The molecule has 1 rings (SSSR count). The van der Waals surface area contributed by atoms with Crippen molar-refractivity contribution in [1.82, 2.24) is 5.32 Å². The topological polar surface area (TPSA) is 73.6 Å². The fraction of sp³-hybridized carbons (Fsp3) is 0.417. The van der Waals surface area contributed by atoms with Crippen LogP contribution in [0.3, 0.4) is 0 Å². The fourth-order valence-electron chi connectivity index (χ4n) is 1.33. The van der Waals surface area contributed by atoms with Gasteiger partial charge in [0.2, 0.25) is 5.91 Å². The molecule has 0 aromatic heterocycles. The zero-order chi connectivity index (χ0) is 12.8. The predicted molar refractivity (Wildman–Crippen MR) is 65.7 cm³/mol. The van der Waals surface area contributed by atoms with Crippen LogP contribution in [0.1, 0.15) is 12.5 Å². The van der Waals surface area contributed by atoms with Crippen molar-refractivity contribution in [3.8, 4) is 5.75 Å². The van der Waals surface area contributed by atoms with E-state index in [0.29, 0.717) is 18.0 Å². The van der Waals surface area contributed by atoms with Crippen molar-refractivity contribution in [2.24, 2.45) is 0 Å². The Balaban J connectivity index is 2.58. The summed E-state index contributed by atoms with van der Waals surface area (Å²) in [4.78, 5) is 11.5. The minimum atomic E-state index is -0.453. The molecule has 1 amide bonds. The molecule has 1 unspecified atom stereocenters. The largest absolute Gasteiger partial charge is 0.495 e. The van der Waals surface area contributed by atoms with Crippen molar-refractivity contribution >= 4 is 11.6 Å². The van der Waals surface area contributed by atoms with Gasteiger partial charge in [-0.15, -0.1) is 0 Å². The Morgan fingerprint density at radius 1 is 1.47 bits per heavy atom. The van der Waals surface area contributed by atoms with Gasteiger partial charge in [0.05, 0.1) is 12.8 Å². The number of anilines is 1. The standard InChI is InChI=1S/C12H18N2O3/c1-8(16-2)12(15)14-7-9-4-5-11(17-3)10(13)6-9/h4-6,8H,7,13H2,1-3H3,(H,14,15). The lowest BCUT2D eigenvalue weighted by molar-refractivity contribution is -0.130. The van der Waals surface area contributed by atoms with Crippen molar-refractivity contribution in [1.29, 1.82) is 0 Å². The molecule has 17 heavy (non-hydrogen) atoms. The van der Waals surface area contributed by atoms with Crippen LogP contribution in [-0.4, -0.2) is 26.2 Å². The van der Waals surface area contributed by atoms with Gasteiger partial charge < -0.3 is 20.5 Å². The quantitative estimate of drug-likeness (QED) is 0.748. The average molecular weight is 238 g/mol. The van der Waals surface area contributed by atoms with Crippen molar-refractivity contribution in [2.45, 2.75) is 19.6 Å². The van der Waals surface area contributed by atoms with E-state index in [1.54, 1.807) is 26.2 Å². The molecule has 3 N–H and O–H groups in total. The number of nitrogen functional groups attached to an aromatic ring is 1. The second-order valence-corrected chi connectivity index (χ2v) is 3.67. The van der Waals surface area contributed by atoms with Crippen LogP contribution in [0, 0.1) is 0 Å². The molecule has 5 nitrogen and oxygen atoms in total. The van der Waals surface area contributed by atoms with E-state index in [-0.39, 0.29) is 5.91 Å². The normalized spacial score (nSPS) is 11.9. The Morgan fingerprint density at radius 3 is 2.71 bits per heavy atom. The molecule has 0 aliphatic rings. The lowest BCUT2D eigenvalue weighted by atomic mass is 10.2. The SMILES string of the molecule is COc1ccc(CNC(=O)C(C)OC)cc1N. The van der Waals surface area contributed by atoms with Gasteiger partial charge in [0, 0.05) is 13.7 Å². The number of hydrogen-bond donors (Lipinski definition) is 2. The molecule has 0 saturated heterocycles. The van der Waals surface area contributed by atoms with Crippen molar-refractivity contribution in [3.05, 3.63) is 23.8 Å². The number of amides is 1. The molecule has 1 aromatic rings. The van der Waals surface area contributed by atoms with Crippen LogP contribution < -0.4 is 15.8 Å². The second kappa shape index (κ2) is 6.10. The molecule has 0 saturated carbocycles. The fourth-order valence-corrected chi connectivity index (χ4v) is 1.33. The smallest absolute Gasteiger partial charge is 0.249 e. The van der Waals surface area contributed by atoms with Gasteiger partial charge in [0.15, 0.2) is 0 Å². The zero-order valence-corrected chi connectivity index (χ0v) is 10.3. The summed E-state index contributed by atoms with van der Waals surface area (Å²) >= 11 is 0. The van der Waals surface area contributed by atoms with E-state index in [1.165, 1.54) is 7.11 Å². The first kappa shape index (κ1) is 13.3. The molecule has 0 aliphatic carbocycles. The minimum Gasteiger partial charge on any atom is -0.495 e. The summed E-state index contributed by atoms with van der Waals surface area (Å²) in [5, 5.41) is 2.75. The van der Waals surface area contributed by atoms with Gasteiger partial charge in [-0.1, -0.05) is 6.07 Å². The highest BCUT2D eigenvalue weighted by molar-refractivity contribution is 5.80. The van der Waals surface area contributed by atoms with Crippen LogP contribution in [0.2, 0.25) is 0 Å². The van der Waals surface area contributed by atoms with E-state index in [1.807, 2.05) is 6.07 Å². The molecule has 1 atom stereocenters. The summed E-state index contributed by atoms with van der Waals surface area (Å²) in [5.74, 6) is 0.479. The van der Waals surface area contributed by atoms with Crippen LogP contribution in [0.15, 0.2) is 18.2 Å². The summed E-state index contributed by atoms with van der Waals surface area (Å²) in [7, 11) is 3.06. The van der Waals surface area contributed by atoms with E-state index in [4.69, 9.17) is 15.2 Å². The molecule has 1 aromatic carbocycles. The van der Waals surface area contributed by atoms with Crippen LogP contribution in [0.25, 0.3) is 0 Å². The number of nitrogens with two attached hydrogens (primary N) is 1. The van der Waals surface area contributed by atoms with E-state index >= 15 is 0 Å². The van der Waals surface area contributed by atoms with Gasteiger partial charge in [-0.2, -0.15) is 0 Å². The molecule has 0 spiro atoms. The monoisotopic (exact) mass is 238 g/mol. The first-order valence-electron chi connectivity index (χ1n) is 5.31. The lowest BCUT2D eigenvalue weighted by Gasteiger charge is -2.11. The molecule has 0 radical (unpaired) electrons. The predicted octanol–water partition coefficient (Wildman–Crippen LogP) is 0.928. The van der Waals surface area contributed by atoms with Crippen LogP contribution >= 0.6 is 0 Å². The number of methoxy groups -OCH3 is 2. The van der Waals surface area contributed by atoms with Gasteiger partial charge in [0.1, 0.15) is 11.9 Å². The number of nitrogens with one attached hydrogen (secondary N) is 1. The van der Waals surface area contributed by atoms with Gasteiger partial charge >= 0.3 is 0 Å². The van der Waals surface area contributed by atoms with Crippen molar-refractivity contribution in [3.63, 3.8) is 0 Å². The Labute approximate surface area is 101 Å². The summed E-state index contributed by atoms with van der Waals surface area (Å²) in [5.41, 5.74) is 7.23. The molecule has 0 aliphatic heterocycles. The van der Waals surface area contributed by atoms with E-state index in [9.17, 15) is 4.79 Å². The van der Waals surface area contributed by atoms with Crippen molar-refractivity contribution < 1.29 is 14.3 Å². The van der Waals surface area contributed by atoms with Gasteiger partial charge in [-0.25, -0.2) is 0 Å². The highest BCUT2D eigenvalue weighted by atomic mass is 16.5. The Kier molecular flexibility index (Phi) is 4.78. The number of carbonyl (C=O) groups excluding carboxylic acids is 1.